The van der Waals surface area contributed by atoms with E-state index in [0.29, 0.717) is 35.9 Å². The van der Waals surface area contributed by atoms with Crippen LogP contribution in [0, 0.1) is 11.3 Å². The van der Waals surface area contributed by atoms with Gasteiger partial charge in [-0.3, -0.25) is 4.79 Å². The van der Waals surface area contributed by atoms with E-state index >= 15 is 0 Å². The Morgan fingerprint density at radius 1 is 1.09 bits per heavy atom. The van der Waals surface area contributed by atoms with E-state index in [4.69, 9.17) is 19.4 Å². The van der Waals surface area contributed by atoms with Crippen molar-refractivity contribution in [2.45, 2.75) is 31.9 Å². The normalized spacial score (nSPS) is 18.0. The lowest BCUT2D eigenvalue weighted by Crippen LogP contribution is -2.44. The Hall–Kier alpha value is -4.12. The van der Waals surface area contributed by atoms with E-state index in [0.717, 1.165) is 73.4 Å². The minimum absolute atomic E-state index is 0.0244. The molecular formula is C33H36F3N5O3. The number of hydrogen-bond donors (Lipinski definition) is 1. The Balaban J connectivity index is 1.36. The summed E-state index contributed by atoms with van der Waals surface area (Å²) in [6.07, 6.45) is -0.462. The van der Waals surface area contributed by atoms with Gasteiger partial charge in [0.05, 0.1) is 36.6 Å². The number of anilines is 2. The summed E-state index contributed by atoms with van der Waals surface area (Å²) in [5.41, 5.74) is 3.90. The first kappa shape index (κ1) is 29.9. The molecule has 2 aliphatic rings. The number of hydrogen-bond acceptors (Lipinski definition) is 7. The van der Waals surface area contributed by atoms with Gasteiger partial charge in [0.1, 0.15) is 11.3 Å². The fourth-order valence-corrected chi connectivity index (χ4v) is 6.52. The second kappa shape index (κ2) is 11.8. The first-order chi connectivity index (χ1) is 21.1. The number of nitrogens with one attached hydrogen (secondary N) is 1. The molecule has 1 N–H and O–H groups in total. The zero-order chi connectivity index (χ0) is 31.1. The average molecular weight is 608 g/mol. The number of aromatic nitrogens is 3. The second-order valence-corrected chi connectivity index (χ2v) is 12.0. The third kappa shape index (κ3) is 5.85. The number of benzene rings is 2. The molecule has 44 heavy (non-hydrogen) atoms. The number of esters is 1. The van der Waals surface area contributed by atoms with Gasteiger partial charge in [0.25, 0.3) is 0 Å². The van der Waals surface area contributed by atoms with Gasteiger partial charge in [0, 0.05) is 56.0 Å². The number of H-pyrrole nitrogens is 1. The van der Waals surface area contributed by atoms with Crippen LogP contribution in [0.15, 0.2) is 54.6 Å². The van der Waals surface area contributed by atoms with Gasteiger partial charge in [-0.15, -0.1) is 0 Å². The summed E-state index contributed by atoms with van der Waals surface area (Å²) in [6.45, 7) is 2.75. The van der Waals surface area contributed by atoms with Gasteiger partial charge in [-0.1, -0.05) is 18.6 Å². The van der Waals surface area contributed by atoms with Gasteiger partial charge in [-0.25, -0.2) is 9.97 Å². The van der Waals surface area contributed by atoms with Crippen molar-refractivity contribution in [3.05, 3.63) is 60.2 Å². The van der Waals surface area contributed by atoms with Crippen LogP contribution in [0.2, 0.25) is 0 Å². The molecular weight excluding hydrogens is 571 g/mol. The predicted molar refractivity (Wildman–Crippen MR) is 164 cm³/mol. The number of carbonyl (C=O) groups excluding carboxylic acids is 1. The Morgan fingerprint density at radius 2 is 1.86 bits per heavy atom. The molecule has 11 heteroatoms. The van der Waals surface area contributed by atoms with Gasteiger partial charge in [0.2, 0.25) is 0 Å². The van der Waals surface area contributed by atoms with Crippen LogP contribution in [0.3, 0.4) is 0 Å². The summed E-state index contributed by atoms with van der Waals surface area (Å²) in [6, 6.07) is 15.0. The molecule has 2 fully saturated rings. The summed E-state index contributed by atoms with van der Waals surface area (Å²) in [7, 11) is 5.12. The molecule has 1 unspecified atom stereocenters. The van der Waals surface area contributed by atoms with E-state index in [1.165, 1.54) is 13.2 Å². The fourth-order valence-electron chi connectivity index (χ4n) is 6.52. The van der Waals surface area contributed by atoms with E-state index < -0.39 is 11.7 Å². The highest BCUT2D eigenvalue weighted by Crippen LogP contribution is 2.43. The summed E-state index contributed by atoms with van der Waals surface area (Å²) >= 11 is 0. The van der Waals surface area contributed by atoms with Gasteiger partial charge in [-0.2, -0.15) is 13.2 Å². The zero-order valence-corrected chi connectivity index (χ0v) is 25.1. The lowest BCUT2D eigenvalue weighted by molar-refractivity contribution is -0.144. The first-order valence-corrected chi connectivity index (χ1v) is 14.8. The number of halogens is 3. The minimum atomic E-state index is -4.46. The minimum Gasteiger partial charge on any atom is -0.469 e. The maximum Gasteiger partial charge on any atom is 0.416 e. The van der Waals surface area contributed by atoms with Crippen LogP contribution < -0.4 is 9.80 Å². The number of rotatable bonds is 9. The summed E-state index contributed by atoms with van der Waals surface area (Å²) in [5, 5.41) is 0. The number of nitrogens with zero attached hydrogens (tertiary/aromatic N) is 4. The molecule has 1 saturated heterocycles. The van der Waals surface area contributed by atoms with E-state index in [2.05, 4.69) is 14.8 Å². The molecule has 1 saturated carbocycles. The Labute approximate surface area is 254 Å². The number of alkyl halides is 3. The highest BCUT2D eigenvalue weighted by Gasteiger charge is 2.38. The van der Waals surface area contributed by atoms with Crippen LogP contribution in [0.1, 0.15) is 31.2 Å². The van der Waals surface area contributed by atoms with Crippen molar-refractivity contribution in [1.29, 1.82) is 0 Å². The van der Waals surface area contributed by atoms with Crippen molar-refractivity contribution in [2.75, 3.05) is 57.3 Å². The molecule has 0 amide bonds. The molecule has 2 aromatic heterocycles. The van der Waals surface area contributed by atoms with Crippen molar-refractivity contribution >= 4 is 28.5 Å². The number of fused-ring (bicyclic) bond motifs is 1. The molecule has 6 rings (SSSR count). The SMILES string of the molecule is COCC1(CN(C)c2cc(-c3cccc(C(F)(F)F)c3)nc3nc(-c4ccc(N5CCC(C(=O)OC)C5)cc4)[nH]c23)CCC1. The van der Waals surface area contributed by atoms with Gasteiger partial charge in [-0.05, 0) is 61.7 Å². The fraction of sp³-hybridized carbons (Fsp3) is 0.424. The zero-order valence-electron chi connectivity index (χ0n) is 25.1. The molecule has 8 nitrogen and oxygen atoms in total. The Morgan fingerprint density at radius 3 is 2.52 bits per heavy atom. The molecule has 4 aromatic rings. The van der Waals surface area contributed by atoms with Gasteiger partial charge >= 0.3 is 12.1 Å². The average Bonchev–Trinajstić information content (AvgIpc) is 3.67. The number of aromatic amines is 1. The molecule has 1 aliphatic carbocycles. The van der Waals surface area contributed by atoms with E-state index in [-0.39, 0.29) is 17.3 Å². The highest BCUT2D eigenvalue weighted by atomic mass is 19.4. The second-order valence-electron chi connectivity index (χ2n) is 12.0. The standard InChI is InChI=1S/C33H36F3N5O3/c1-40(19-32(20-43-2)13-5-14-32)27-17-26(22-6-4-7-24(16-22)33(34,35)36)37-30-28(27)38-29(39-30)21-8-10-25(11-9-21)41-15-12-23(18-41)31(42)44-3/h4,6-11,16-17,23H,5,12-15,18-20H2,1-3H3,(H,37,38,39). The Bertz CT molecular complexity index is 1650. The summed E-state index contributed by atoms with van der Waals surface area (Å²) in [4.78, 5) is 29.2. The number of pyridine rings is 1. The summed E-state index contributed by atoms with van der Waals surface area (Å²) < 4.78 is 51.1. The van der Waals surface area contributed by atoms with Gasteiger partial charge in [0.15, 0.2) is 5.65 Å². The van der Waals surface area contributed by atoms with Crippen molar-refractivity contribution in [1.82, 2.24) is 15.0 Å². The maximum absolute atomic E-state index is 13.6. The van der Waals surface area contributed by atoms with Crippen LogP contribution in [0.25, 0.3) is 33.8 Å². The van der Waals surface area contributed by atoms with E-state index in [1.54, 1.807) is 13.2 Å². The third-order valence-electron chi connectivity index (χ3n) is 9.00. The van der Waals surface area contributed by atoms with Crippen molar-refractivity contribution in [2.24, 2.45) is 11.3 Å². The predicted octanol–water partition coefficient (Wildman–Crippen LogP) is 6.56. The van der Waals surface area contributed by atoms with Crippen LogP contribution in [-0.4, -0.2) is 68.4 Å². The molecule has 3 heterocycles. The molecule has 0 radical (unpaired) electrons. The quantitative estimate of drug-likeness (QED) is 0.216. The number of ether oxygens (including phenoxy) is 2. The summed E-state index contributed by atoms with van der Waals surface area (Å²) in [5.74, 6) is 0.291. The molecule has 0 spiro atoms. The number of methoxy groups -OCH3 is 2. The largest absolute Gasteiger partial charge is 0.469 e. The van der Waals surface area contributed by atoms with Crippen LogP contribution in [0.5, 0.6) is 0 Å². The monoisotopic (exact) mass is 607 g/mol. The highest BCUT2D eigenvalue weighted by molar-refractivity contribution is 5.91. The lowest BCUT2D eigenvalue weighted by atomic mass is 9.69. The molecule has 0 bridgehead atoms. The molecule has 1 atom stereocenters. The van der Waals surface area contributed by atoms with Crippen LogP contribution >= 0.6 is 0 Å². The van der Waals surface area contributed by atoms with Gasteiger partial charge < -0.3 is 24.3 Å². The number of imidazole rings is 1. The molecule has 1 aliphatic heterocycles. The van der Waals surface area contributed by atoms with Crippen molar-refractivity contribution < 1.29 is 27.4 Å². The Kier molecular flexibility index (Phi) is 8.00. The first-order valence-electron chi connectivity index (χ1n) is 14.8. The van der Waals surface area contributed by atoms with Crippen molar-refractivity contribution in [3.8, 4) is 22.6 Å². The van der Waals surface area contributed by atoms with E-state index in [9.17, 15) is 18.0 Å². The molecule has 2 aromatic carbocycles. The van der Waals surface area contributed by atoms with Crippen LogP contribution in [0.4, 0.5) is 24.5 Å². The van der Waals surface area contributed by atoms with E-state index in [1.807, 2.05) is 37.4 Å². The molecule has 232 valence electrons. The maximum atomic E-state index is 13.6. The van der Waals surface area contributed by atoms with Crippen molar-refractivity contribution in [3.63, 3.8) is 0 Å². The third-order valence-corrected chi connectivity index (χ3v) is 9.00. The van der Waals surface area contributed by atoms with Crippen LogP contribution in [-0.2, 0) is 20.4 Å². The number of carbonyl (C=O) groups is 1. The topological polar surface area (TPSA) is 83.6 Å². The lowest BCUT2D eigenvalue weighted by Gasteiger charge is -2.44. The smallest absolute Gasteiger partial charge is 0.416 e.